The summed E-state index contributed by atoms with van der Waals surface area (Å²) in [6.45, 7) is 6.50. The summed E-state index contributed by atoms with van der Waals surface area (Å²) in [6, 6.07) is 0. The van der Waals surface area contributed by atoms with Gasteiger partial charge in [-0.05, 0) is 12.3 Å². The Labute approximate surface area is 94.7 Å². The normalized spacial score (nSPS) is 10.8. The van der Waals surface area contributed by atoms with Crippen LogP contribution in [0, 0.1) is 5.92 Å². The second-order valence-electron chi connectivity index (χ2n) is 3.99. The Morgan fingerprint density at radius 2 is 2.31 bits per heavy atom. The molecule has 6 nitrogen and oxygen atoms in total. The monoisotopic (exact) mass is 226 g/mol. The average molecular weight is 226 g/mol. The van der Waals surface area contributed by atoms with Crippen LogP contribution in [-0.2, 0) is 11.3 Å². The van der Waals surface area contributed by atoms with Crippen molar-refractivity contribution in [3.63, 3.8) is 0 Å². The maximum Gasteiger partial charge on any atom is 0.314 e. The summed E-state index contributed by atoms with van der Waals surface area (Å²) in [6.07, 6.45) is 1.74. The van der Waals surface area contributed by atoms with E-state index in [4.69, 9.17) is 4.84 Å². The van der Waals surface area contributed by atoms with Crippen molar-refractivity contribution in [2.45, 2.75) is 33.6 Å². The number of carbonyl (C=O) groups is 1. The van der Waals surface area contributed by atoms with Gasteiger partial charge in [0.15, 0.2) is 0 Å². The third-order valence-corrected chi connectivity index (χ3v) is 1.80. The van der Waals surface area contributed by atoms with E-state index in [0.29, 0.717) is 12.5 Å². The lowest BCUT2D eigenvalue weighted by Gasteiger charge is -2.05. The third kappa shape index (κ3) is 3.98. The molecule has 0 aliphatic carbocycles. The largest absolute Gasteiger partial charge is 0.314 e. The lowest BCUT2D eigenvalue weighted by atomic mass is 10.2. The molecule has 1 aromatic rings. The number of hydroxylamine groups is 1. The molecule has 0 aliphatic heterocycles. The van der Waals surface area contributed by atoms with Gasteiger partial charge in [0.2, 0.25) is 5.82 Å². The molecule has 0 saturated carbocycles. The minimum atomic E-state index is -0.417. The molecule has 0 bridgehead atoms. The lowest BCUT2D eigenvalue weighted by molar-refractivity contribution is 0.0201. The van der Waals surface area contributed by atoms with Crippen molar-refractivity contribution in [3.8, 4) is 0 Å². The Morgan fingerprint density at radius 1 is 1.56 bits per heavy atom. The van der Waals surface area contributed by atoms with Gasteiger partial charge >= 0.3 is 5.91 Å². The summed E-state index contributed by atoms with van der Waals surface area (Å²) in [4.78, 5) is 20.5. The summed E-state index contributed by atoms with van der Waals surface area (Å²) in [7, 11) is 0. The van der Waals surface area contributed by atoms with Gasteiger partial charge in [-0.1, -0.05) is 20.8 Å². The van der Waals surface area contributed by atoms with Gasteiger partial charge in [0.05, 0.1) is 6.61 Å². The lowest BCUT2D eigenvalue weighted by Crippen LogP contribution is -2.26. The molecule has 2 N–H and O–H groups in total. The number of aromatic amines is 1. The van der Waals surface area contributed by atoms with E-state index in [-0.39, 0.29) is 5.82 Å². The molecule has 0 aromatic carbocycles. The highest BCUT2D eigenvalue weighted by atomic mass is 16.7. The van der Waals surface area contributed by atoms with Crippen LogP contribution in [0.15, 0.2) is 0 Å². The maximum atomic E-state index is 11.5. The van der Waals surface area contributed by atoms with Crippen LogP contribution < -0.4 is 5.48 Å². The molecule has 0 radical (unpaired) electrons. The Kier molecular flexibility index (Phi) is 4.91. The number of hydrogen-bond donors (Lipinski definition) is 2. The third-order valence-electron chi connectivity index (χ3n) is 1.80. The van der Waals surface area contributed by atoms with E-state index >= 15 is 0 Å². The zero-order valence-electron chi connectivity index (χ0n) is 9.91. The molecule has 6 heteroatoms. The van der Waals surface area contributed by atoms with Crippen molar-refractivity contribution in [2.75, 3.05) is 6.61 Å². The SMILES string of the molecule is CCCc1nc(C(=O)NOCC(C)C)n[nH]1. The molecule has 0 atom stereocenters. The Morgan fingerprint density at radius 3 is 2.94 bits per heavy atom. The van der Waals surface area contributed by atoms with Crippen LogP contribution >= 0.6 is 0 Å². The van der Waals surface area contributed by atoms with E-state index in [9.17, 15) is 4.79 Å². The topological polar surface area (TPSA) is 79.9 Å². The van der Waals surface area contributed by atoms with Crippen LogP contribution in [0.3, 0.4) is 0 Å². The van der Waals surface area contributed by atoms with E-state index in [1.807, 2.05) is 20.8 Å². The Bertz CT molecular complexity index is 335. The van der Waals surface area contributed by atoms with Crippen LogP contribution in [-0.4, -0.2) is 27.7 Å². The zero-order valence-corrected chi connectivity index (χ0v) is 9.91. The van der Waals surface area contributed by atoms with Crippen LogP contribution in [0.5, 0.6) is 0 Å². The van der Waals surface area contributed by atoms with Gasteiger partial charge in [-0.2, -0.15) is 0 Å². The first-order chi connectivity index (χ1) is 7.63. The van der Waals surface area contributed by atoms with Crippen molar-refractivity contribution in [1.29, 1.82) is 0 Å². The number of hydrogen-bond acceptors (Lipinski definition) is 4. The summed E-state index contributed by atoms with van der Waals surface area (Å²) in [5.41, 5.74) is 2.30. The molecule has 1 amide bonds. The first-order valence-corrected chi connectivity index (χ1v) is 5.46. The minimum absolute atomic E-state index is 0.118. The second kappa shape index (κ2) is 6.22. The summed E-state index contributed by atoms with van der Waals surface area (Å²) in [5.74, 6) is 0.783. The summed E-state index contributed by atoms with van der Waals surface area (Å²) < 4.78 is 0. The van der Waals surface area contributed by atoms with Crippen LogP contribution in [0.1, 0.15) is 43.6 Å². The quantitative estimate of drug-likeness (QED) is 0.711. The Balaban J connectivity index is 2.40. The fourth-order valence-electron chi connectivity index (χ4n) is 1.06. The van der Waals surface area contributed by atoms with Crippen molar-refractivity contribution in [2.24, 2.45) is 5.92 Å². The minimum Gasteiger partial charge on any atom is -0.273 e. The number of aryl methyl sites for hydroxylation is 1. The van der Waals surface area contributed by atoms with E-state index in [1.165, 1.54) is 0 Å². The van der Waals surface area contributed by atoms with Crippen molar-refractivity contribution in [3.05, 3.63) is 11.6 Å². The molecule has 1 aromatic heterocycles. The molecule has 0 spiro atoms. The zero-order chi connectivity index (χ0) is 12.0. The smallest absolute Gasteiger partial charge is 0.273 e. The maximum absolute atomic E-state index is 11.5. The van der Waals surface area contributed by atoms with Crippen molar-refractivity contribution in [1.82, 2.24) is 20.7 Å². The van der Waals surface area contributed by atoms with Gasteiger partial charge in [-0.3, -0.25) is 14.7 Å². The first kappa shape index (κ1) is 12.6. The standard InChI is InChI=1S/C10H18N4O2/c1-4-5-8-11-9(13-12-8)10(15)14-16-6-7(2)3/h7H,4-6H2,1-3H3,(H,14,15)(H,11,12,13). The highest BCUT2D eigenvalue weighted by Gasteiger charge is 2.12. The van der Waals surface area contributed by atoms with Crippen LogP contribution in [0.2, 0.25) is 0 Å². The number of H-pyrrole nitrogens is 1. The number of aromatic nitrogens is 3. The van der Waals surface area contributed by atoms with Crippen LogP contribution in [0.25, 0.3) is 0 Å². The number of nitrogens with zero attached hydrogens (tertiary/aromatic N) is 2. The number of rotatable bonds is 6. The van der Waals surface area contributed by atoms with Gasteiger partial charge in [0.1, 0.15) is 5.82 Å². The molecule has 0 saturated heterocycles. The molecular weight excluding hydrogens is 208 g/mol. The van der Waals surface area contributed by atoms with Crippen molar-refractivity contribution >= 4 is 5.91 Å². The Hall–Kier alpha value is -1.43. The number of nitrogens with one attached hydrogen (secondary N) is 2. The molecule has 0 fully saturated rings. The molecule has 1 heterocycles. The van der Waals surface area contributed by atoms with E-state index in [0.717, 1.165) is 18.7 Å². The predicted molar refractivity (Wildman–Crippen MR) is 58.6 cm³/mol. The second-order valence-corrected chi connectivity index (χ2v) is 3.99. The van der Waals surface area contributed by atoms with Gasteiger partial charge in [-0.25, -0.2) is 10.5 Å². The highest BCUT2D eigenvalue weighted by Crippen LogP contribution is 1.97. The van der Waals surface area contributed by atoms with E-state index in [2.05, 4.69) is 20.7 Å². The van der Waals surface area contributed by atoms with Gasteiger partial charge in [0, 0.05) is 6.42 Å². The molecular formula is C10H18N4O2. The van der Waals surface area contributed by atoms with Gasteiger partial charge < -0.3 is 0 Å². The molecule has 0 unspecified atom stereocenters. The first-order valence-electron chi connectivity index (χ1n) is 5.46. The average Bonchev–Trinajstić information content (AvgIpc) is 2.66. The predicted octanol–water partition coefficient (Wildman–Crippen LogP) is 1.07. The number of amides is 1. The van der Waals surface area contributed by atoms with Crippen LogP contribution in [0.4, 0.5) is 0 Å². The molecule has 1 rings (SSSR count). The highest BCUT2D eigenvalue weighted by molar-refractivity contribution is 5.89. The van der Waals surface area contributed by atoms with Gasteiger partial charge in [0.25, 0.3) is 0 Å². The van der Waals surface area contributed by atoms with Gasteiger partial charge in [-0.15, -0.1) is 5.10 Å². The molecule has 16 heavy (non-hydrogen) atoms. The number of carbonyl (C=O) groups excluding carboxylic acids is 1. The summed E-state index contributed by atoms with van der Waals surface area (Å²) in [5, 5.41) is 6.51. The molecule has 0 aliphatic rings. The summed E-state index contributed by atoms with van der Waals surface area (Å²) >= 11 is 0. The molecule has 90 valence electrons. The van der Waals surface area contributed by atoms with E-state index < -0.39 is 5.91 Å². The fourth-order valence-corrected chi connectivity index (χ4v) is 1.06. The van der Waals surface area contributed by atoms with Crippen molar-refractivity contribution < 1.29 is 9.63 Å². The van der Waals surface area contributed by atoms with E-state index in [1.54, 1.807) is 0 Å². The fraction of sp³-hybridized carbons (Fsp3) is 0.700.